The number of carbonyl (C=O) groups excluding carboxylic acids is 3. The molecule has 0 aliphatic heterocycles. The molecule has 0 heterocycles. The molecule has 0 aromatic rings. The minimum absolute atomic E-state index is 0.148. The Balaban J connectivity index is 4.79. The Kier molecular flexibility index (Phi) is 53.8. The number of rotatable bonds is 55. The van der Waals surface area contributed by atoms with Gasteiger partial charge in [0.25, 0.3) is 0 Å². The van der Waals surface area contributed by atoms with Crippen LogP contribution in [0.1, 0.15) is 265 Å². The molecule has 0 saturated carbocycles. The number of hydrogen-bond acceptors (Lipinski definition) is 10. The maximum atomic E-state index is 12.9. The average Bonchev–Trinajstić information content (AvgIpc) is 3.39. The molecule has 0 spiro atoms. The molecule has 0 aromatic heterocycles. The van der Waals surface area contributed by atoms with Crippen molar-refractivity contribution in [2.75, 3.05) is 26.4 Å². The van der Waals surface area contributed by atoms with Gasteiger partial charge in [-0.15, -0.1) is 0 Å². The minimum atomic E-state index is -4.76. The van der Waals surface area contributed by atoms with Crippen LogP contribution in [0.25, 0.3) is 0 Å². The Bertz CT molecular complexity index is 1520. The third kappa shape index (κ3) is 53.7. The van der Waals surface area contributed by atoms with E-state index in [0.717, 1.165) is 89.9 Å². The molecule has 0 aliphatic rings. The van der Waals surface area contributed by atoms with Gasteiger partial charge in [0.15, 0.2) is 6.10 Å². The van der Waals surface area contributed by atoms with E-state index in [1.165, 1.54) is 109 Å². The number of aliphatic hydroxyl groups excluding tert-OH is 1. The van der Waals surface area contributed by atoms with Gasteiger partial charge in [0.2, 0.25) is 0 Å². The van der Waals surface area contributed by atoms with Crippen LogP contribution in [0.2, 0.25) is 0 Å². The molecule has 0 rings (SSSR count). The molecule has 0 fully saturated rings. The Labute approximate surface area is 452 Å². The molecule has 0 saturated heterocycles. The zero-order valence-corrected chi connectivity index (χ0v) is 48.2. The number of aliphatic hydroxyl groups is 1. The lowest BCUT2D eigenvalue weighted by Gasteiger charge is -2.21. The van der Waals surface area contributed by atoms with Gasteiger partial charge >= 0.3 is 25.7 Å². The highest BCUT2D eigenvalue weighted by atomic mass is 31.2. The van der Waals surface area contributed by atoms with Gasteiger partial charge in [0.1, 0.15) is 12.7 Å². The van der Waals surface area contributed by atoms with Crippen molar-refractivity contribution >= 4 is 25.7 Å². The average molecular weight is 1060 g/mol. The maximum Gasteiger partial charge on any atom is 0.472 e. The highest BCUT2D eigenvalue weighted by Crippen LogP contribution is 2.43. The second-order valence-corrected chi connectivity index (χ2v) is 21.2. The van der Waals surface area contributed by atoms with Crippen molar-refractivity contribution in [2.45, 2.75) is 277 Å². The highest BCUT2D eigenvalue weighted by molar-refractivity contribution is 7.47. The smallest absolute Gasteiger partial charge is 0.462 e. The second kappa shape index (κ2) is 56.1. The van der Waals surface area contributed by atoms with Crippen LogP contribution >= 0.6 is 7.82 Å². The van der Waals surface area contributed by atoms with Gasteiger partial charge < -0.3 is 24.2 Å². The molecule has 11 nitrogen and oxygen atoms in total. The van der Waals surface area contributed by atoms with Crippen LogP contribution in [-0.4, -0.2) is 66.5 Å². The molecule has 0 aliphatic carbocycles. The fourth-order valence-corrected chi connectivity index (χ4v) is 8.88. The summed E-state index contributed by atoms with van der Waals surface area (Å²) >= 11 is 0. The van der Waals surface area contributed by atoms with E-state index in [1.807, 2.05) is 6.08 Å². The first-order chi connectivity index (χ1) is 36.2. The Morgan fingerprint density at radius 1 is 0.392 bits per heavy atom. The second-order valence-electron chi connectivity index (χ2n) is 19.8. The van der Waals surface area contributed by atoms with Crippen molar-refractivity contribution in [1.29, 1.82) is 0 Å². The van der Waals surface area contributed by atoms with Crippen LogP contribution < -0.4 is 0 Å². The third-order valence-electron chi connectivity index (χ3n) is 12.6. The van der Waals surface area contributed by atoms with E-state index in [4.69, 9.17) is 23.3 Å². The minimum Gasteiger partial charge on any atom is -0.462 e. The molecule has 3 unspecified atom stereocenters. The number of esters is 3. The van der Waals surface area contributed by atoms with Gasteiger partial charge in [-0.05, 0) is 83.5 Å². The molecule has 0 bridgehead atoms. The number of hydrogen-bond donors (Lipinski definition) is 2. The number of phosphoric acid groups is 1. The molecule has 0 radical (unpaired) electrons. The SMILES string of the molecule is CC/C=C\C/C=C\C/C=C\C/C=C\C/C=C\CCCC(=O)OCC(COP(=O)(O)OCC(CO)OC(=O)CCCCCCC/C=C\CCCCCC)OC(=O)CCCCCCCCCCCCCCCCCCC. The zero-order chi connectivity index (χ0) is 54.1. The summed E-state index contributed by atoms with van der Waals surface area (Å²) < 4.78 is 39.5. The first-order valence-electron chi connectivity index (χ1n) is 29.8. The predicted octanol–water partition coefficient (Wildman–Crippen LogP) is 17.7. The normalized spacial score (nSPS) is 13.9. The Hall–Kier alpha value is -3.08. The molecule has 0 aromatic carbocycles. The summed E-state index contributed by atoms with van der Waals surface area (Å²) in [5.74, 6) is -1.53. The lowest BCUT2D eigenvalue weighted by Crippen LogP contribution is -2.30. The maximum absolute atomic E-state index is 12.9. The van der Waals surface area contributed by atoms with E-state index >= 15 is 0 Å². The Morgan fingerprint density at radius 3 is 1.15 bits per heavy atom. The van der Waals surface area contributed by atoms with Gasteiger partial charge in [0.05, 0.1) is 19.8 Å². The van der Waals surface area contributed by atoms with Crippen molar-refractivity contribution in [3.63, 3.8) is 0 Å². The molecule has 3 atom stereocenters. The van der Waals surface area contributed by atoms with Gasteiger partial charge in [-0.2, -0.15) is 0 Å². The van der Waals surface area contributed by atoms with Crippen LogP contribution in [0, 0.1) is 0 Å². The van der Waals surface area contributed by atoms with Gasteiger partial charge in [0, 0.05) is 19.3 Å². The van der Waals surface area contributed by atoms with Crippen molar-refractivity contribution in [3.05, 3.63) is 72.9 Å². The summed E-state index contributed by atoms with van der Waals surface area (Å²) in [4.78, 5) is 48.6. The number of allylic oxidation sites excluding steroid dienone is 12. The summed E-state index contributed by atoms with van der Waals surface area (Å²) in [5.41, 5.74) is 0. The topological polar surface area (TPSA) is 155 Å². The summed E-state index contributed by atoms with van der Waals surface area (Å²) in [6, 6.07) is 0. The number of phosphoric ester groups is 1. The van der Waals surface area contributed by atoms with Crippen LogP contribution in [-0.2, 0) is 42.2 Å². The first-order valence-corrected chi connectivity index (χ1v) is 31.3. The predicted molar refractivity (Wildman–Crippen MR) is 307 cm³/mol. The lowest BCUT2D eigenvalue weighted by atomic mass is 10.0. The van der Waals surface area contributed by atoms with E-state index < -0.39 is 57.8 Å². The molecule has 74 heavy (non-hydrogen) atoms. The fraction of sp³-hybridized carbons (Fsp3) is 0.758. The molecular formula is C62H109O11P. The van der Waals surface area contributed by atoms with Gasteiger partial charge in [-0.25, -0.2) is 4.57 Å². The fourth-order valence-electron chi connectivity index (χ4n) is 8.09. The Morgan fingerprint density at radius 2 is 0.716 bits per heavy atom. The van der Waals surface area contributed by atoms with E-state index in [2.05, 4.69) is 87.6 Å². The number of ether oxygens (including phenoxy) is 3. The summed E-state index contributed by atoms with van der Waals surface area (Å²) in [5, 5.41) is 9.81. The quantitative estimate of drug-likeness (QED) is 0.0197. The first kappa shape index (κ1) is 70.9. The lowest BCUT2D eigenvalue weighted by molar-refractivity contribution is -0.161. The molecule has 12 heteroatoms. The molecular weight excluding hydrogens is 952 g/mol. The van der Waals surface area contributed by atoms with E-state index in [-0.39, 0.29) is 25.9 Å². The summed E-state index contributed by atoms with van der Waals surface area (Å²) in [6.07, 6.45) is 62.9. The van der Waals surface area contributed by atoms with Crippen LogP contribution in [0.3, 0.4) is 0 Å². The standard InChI is InChI=1S/C62H109O11P/c1-4-7-10-13-16-19-22-25-27-29-31-34-36-39-42-45-48-51-60(64)69-55-59(73-62(66)53-50-47-44-41-38-35-32-30-28-26-23-20-17-14-11-8-5-2)57-71-74(67,68)70-56-58(54-63)72-61(65)52-49-46-43-40-37-33-24-21-18-15-12-9-6-3/h7,10,16,19,21,24-25,27,31,34,39,42,58-59,63H,4-6,8-9,11-15,17-18,20,22-23,26,28-30,32-33,35-38,40-41,43-57H2,1-3H3,(H,67,68)/b10-7-,19-16-,24-21-,27-25-,34-31-,42-39-. The van der Waals surface area contributed by atoms with Crippen molar-refractivity contribution in [2.24, 2.45) is 0 Å². The summed E-state index contributed by atoms with van der Waals surface area (Å²) in [6.45, 7) is 4.47. The van der Waals surface area contributed by atoms with Crippen molar-refractivity contribution in [1.82, 2.24) is 0 Å². The zero-order valence-electron chi connectivity index (χ0n) is 47.3. The molecule has 0 amide bonds. The van der Waals surface area contributed by atoms with E-state index in [9.17, 15) is 28.9 Å². The van der Waals surface area contributed by atoms with Crippen molar-refractivity contribution in [3.8, 4) is 0 Å². The van der Waals surface area contributed by atoms with E-state index in [1.54, 1.807) is 0 Å². The van der Waals surface area contributed by atoms with Crippen LogP contribution in [0.15, 0.2) is 72.9 Å². The molecule has 2 N–H and O–H groups in total. The van der Waals surface area contributed by atoms with E-state index in [0.29, 0.717) is 25.7 Å². The van der Waals surface area contributed by atoms with Gasteiger partial charge in [-0.3, -0.25) is 23.4 Å². The highest BCUT2D eigenvalue weighted by Gasteiger charge is 2.28. The largest absolute Gasteiger partial charge is 0.472 e. The van der Waals surface area contributed by atoms with Crippen LogP contribution in [0.5, 0.6) is 0 Å². The monoisotopic (exact) mass is 1060 g/mol. The number of carbonyl (C=O) groups is 3. The van der Waals surface area contributed by atoms with Crippen molar-refractivity contribution < 1.29 is 52.2 Å². The summed E-state index contributed by atoms with van der Waals surface area (Å²) in [7, 11) is -4.76. The molecule has 428 valence electrons. The third-order valence-corrected chi connectivity index (χ3v) is 13.6. The number of unbranched alkanes of at least 4 members (excludes halogenated alkanes) is 26. The van der Waals surface area contributed by atoms with Gasteiger partial charge in [-0.1, -0.05) is 235 Å². The van der Waals surface area contributed by atoms with Crippen LogP contribution in [0.4, 0.5) is 0 Å².